The maximum absolute atomic E-state index is 13.1. The van der Waals surface area contributed by atoms with Crippen molar-refractivity contribution in [2.24, 2.45) is 5.92 Å². The van der Waals surface area contributed by atoms with Crippen LogP contribution in [-0.4, -0.2) is 30.1 Å². The molecule has 1 saturated heterocycles. The molecule has 1 aromatic heterocycles. The fourth-order valence-electron chi connectivity index (χ4n) is 5.05. The molecule has 2 aliphatic carbocycles. The van der Waals surface area contributed by atoms with Gasteiger partial charge < -0.3 is 10.1 Å². The summed E-state index contributed by atoms with van der Waals surface area (Å²) in [5.74, 6) is 1.47. The van der Waals surface area contributed by atoms with E-state index in [0.717, 1.165) is 43.4 Å². The second kappa shape index (κ2) is 8.29. The van der Waals surface area contributed by atoms with Crippen LogP contribution in [0.2, 0.25) is 0 Å². The minimum absolute atomic E-state index is 0.105. The lowest BCUT2D eigenvalue weighted by molar-refractivity contribution is 0.0909. The third-order valence-corrected chi connectivity index (χ3v) is 6.82. The second-order valence-electron chi connectivity index (χ2n) is 8.84. The molecule has 3 N–H and O–H groups in total. The van der Waals surface area contributed by atoms with Gasteiger partial charge in [0.1, 0.15) is 17.5 Å². The zero-order chi connectivity index (χ0) is 21.4. The first-order chi connectivity index (χ1) is 15.2. The van der Waals surface area contributed by atoms with Crippen molar-refractivity contribution in [1.82, 2.24) is 21.2 Å². The average Bonchev–Trinajstić information content (AvgIpc) is 3.58. The van der Waals surface area contributed by atoms with E-state index >= 15 is 0 Å². The van der Waals surface area contributed by atoms with Gasteiger partial charge >= 0.3 is 0 Å². The van der Waals surface area contributed by atoms with Gasteiger partial charge in [0, 0.05) is 18.3 Å². The fourth-order valence-corrected chi connectivity index (χ4v) is 5.05. The third-order valence-electron chi connectivity index (χ3n) is 6.82. The molecule has 3 fully saturated rings. The number of aromatic nitrogens is 1. The standard InChI is InChI=1S/C24H27N5O2/c1-31-18-4-2-3-16(10-18)22-20-11-17(7-8-21(20)28-29-22)27-24(30)23-19(15-5-6-15)9-14(12-25)13-26-23/h2-4,9-10,13,15,17,20-22,28-29H,5-8,11H2,1H3,(H,27,30). The zero-order valence-corrected chi connectivity index (χ0v) is 17.6. The molecule has 3 aliphatic rings. The molecule has 160 valence electrons. The Kier molecular flexibility index (Phi) is 5.34. The van der Waals surface area contributed by atoms with Crippen molar-refractivity contribution in [2.45, 2.75) is 56.1 Å². The van der Waals surface area contributed by atoms with E-state index in [1.54, 1.807) is 7.11 Å². The van der Waals surface area contributed by atoms with Crippen LogP contribution in [0.4, 0.5) is 0 Å². The molecule has 1 amide bonds. The summed E-state index contributed by atoms with van der Waals surface area (Å²) < 4.78 is 5.39. The molecule has 0 radical (unpaired) electrons. The van der Waals surface area contributed by atoms with Crippen LogP contribution in [0.15, 0.2) is 36.5 Å². The van der Waals surface area contributed by atoms with Crippen LogP contribution in [0, 0.1) is 17.2 Å². The molecule has 31 heavy (non-hydrogen) atoms. The van der Waals surface area contributed by atoms with Crippen LogP contribution in [0.25, 0.3) is 0 Å². The van der Waals surface area contributed by atoms with Gasteiger partial charge in [0.15, 0.2) is 0 Å². The first-order valence-corrected chi connectivity index (χ1v) is 11.0. The molecule has 0 spiro atoms. The molecule has 7 nitrogen and oxygen atoms in total. The van der Waals surface area contributed by atoms with Gasteiger partial charge in [0.2, 0.25) is 0 Å². The van der Waals surface area contributed by atoms with E-state index in [4.69, 9.17) is 4.74 Å². The average molecular weight is 418 g/mol. The van der Waals surface area contributed by atoms with E-state index < -0.39 is 0 Å². The number of hydrazine groups is 1. The van der Waals surface area contributed by atoms with Crippen LogP contribution in [-0.2, 0) is 0 Å². The molecule has 1 aromatic carbocycles. The van der Waals surface area contributed by atoms with Crippen LogP contribution < -0.4 is 20.9 Å². The predicted molar refractivity (Wildman–Crippen MR) is 115 cm³/mol. The van der Waals surface area contributed by atoms with E-state index in [-0.39, 0.29) is 18.0 Å². The molecule has 1 aliphatic heterocycles. The van der Waals surface area contributed by atoms with E-state index in [2.05, 4.69) is 39.4 Å². The summed E-state index contributed by atoms with van der Waals surface area (Å²) in [6.07, 6.45) is 6.45. The van der Waals surface area contributed by atoms with Crippen molar-refractivity contribution in [2.75, 3.05) is 7.11 Å². The van der Waals surface area contributed by atoms with Crippen LogP contribution >= 0.6 is 0 Å². The molecule has 7 heteroatoms. The summed E-state index contributed by atoms with van der Waals surface area (Å²) in [6, 6.07) is 12.8. The number of nitrogens with zero attached hydrogens (tertiary/aromatic N) is 2. The fraction of sp³-hybridized carbons (Fsp3) is 0.458. The number of fused-ring (bicyclic) bond motifs is 1. The number of nitrogens with one attached hydrogen (secondary N) is 3. The number of ether oxygens (including phenoxy) is 1. The molecule has 2 aromatic rings. The minimum atomic E-state index is -0.119. The minimum Gasteiger partial charge on any atom is -0.497 e. The van der Waals surface area contributed by atoms with Gasteiger partial charge in [0.25, 0.3) is 5.91 Å². The number of carbonyl (C=O) groups excluding carboxylic acids is 1. The summed E-state index contributed by atoms with van der Waals surface area (Å²) >= 11 is 0. The summed E-state index contributed by atoms with van der Waals surface area (Å²) in [7, 11) is 1.68. The Balaban J connectivity index is 1.30. The summed E-state index contributed by atoms with van der Waals surface area (Å²) in [5.41, 5.74) is 10.0. The first-order valence-electron chi connectivity index (χ1n) is 11.0. The van der Waals surface area contributed by atoms with Crippen molar-refractivity contribution in [3.8, 4) is 11.8 Å². The van der Waals surface area contributed by atoms with Crippen molar-refractivity contribution in [3.05, 3.63) is 58.9 Å². The zero-order valence-electron chi connectivity index (χ0n) is 17.6. The van der Waals surface area contributed by atoms with Gasteiger partial charge in [-0.2, -0.15) is 5.26 Å². The highest BCUT2D eigenvalue weighted by Gasteiger charge is 2.41. The number of rotatable bonds is 5. The van der Waals surface area contributed by atoms with Gasteiger partial charge in [0.05, 0.1) is 18.7 Å². The number of carbonyl (C=O) groups is 1. The maximum Gasteiger partial charge on any atom is 0.270 e. The largest absolute Gasteiger partial charge is 0.497 e. The van der Waals surface area contributed by atoms with Crippen LogP contribution in [0.5, 0.6) is 5.75 Å². The molecule has 4 unspecified atom stereocenters. The number of methoxy groups -OCH3 is 1. The highest BCUT2D eigenvalue weighted by molar-refractivity contribution is 5.94. The lowest BCUT2D eigenvalue weighted by atomic mass is 9.77. The molecule has 0 bridgehead atoms. The highest BCUT2D eigenvalue weighted by atomic mass is 16.5. The molecular weight excluding hydrogens is 390 g/mol. The number of pyridine rings is 1. The Morgan fingerprint density at radius 1 is 1.23 bits per heavy atom. The van der Waals surface area contributed by atoms with Crippen molar-refractivity contribution in [3.63, 3.8) is 0 Å². The second-order valence-corrected chi connectivity index (χ2v) is 8.84. The Labute approximate surface area is 182 Å². The highest BCUT2D eigenvalue weighted by Crippen LogP contribution is 2.42. The normalized spacial score (nSPS) is 27.2. The van der Waals surface area contributed by atoms with E-state index in [0.29, 0.717) is 29.1 Å². The van der Waals surface area contributed by atoms with Gasteiger partial charge in [-0.05, 0) is 73.3 Å². The quantitative estimate of drug-likeness (QED) is 0.692. The SMILES string of the molecule is COc1cccc(C2NNC3CCC(NC(=O)c4ncc(C#N)cc4C4CC4)CC32)c1. The van der Waals surface area contributed by atoms with Gasteiger partial charge in [-0.1, -0.05) is 12.1 Å². The first kappa shape index (κ1) is 20.0. The third kappa shape index (κ3) is 4.01. The van der Waals surface area contributed by atoms with Gasteiger partial charge in [-0.25, -0.2) is 10.4 Å². The number of benzene rings is 1. The molecule has 2 heterocycles. The van der Waals surface area contributed by atoms with Crippen LogP contribution in [0.3, 0.4) is 0 Å². The number of nitriles is 1. The Hall–Kier alpha value is -2.95. The van der Waals surface area contributed by atoms with E-state index in [9.17, 15) is 10.1 Å². The van der Waals surface area contributed by atoms with Crippen LogP contribution in [0.1, 0.15) is 71.2 Å². The lowest BCUT2D eigenvalue weighted by Crippen LogP contribution is -2.44. The lowest BCUT2D eigenvalue weighted by Gasteiger charge is -2.33. The molecule has 5 rings (SSSR count). The number of amides is 1. The Morgan fingerprint density at radius 3 is 2.87 bits per heavy atom. The maximum atomic E-state index is 13.1. The van der Waals surface area contributed by atoms with Gasteiger partial charge in [-0.3, -0.25) is 10.2 Å². The van der Waals surface area contributed by atoms with Crippen molar-refractivity contribution >= 4 is 5.91 Å². The predicted octanol–water partition coefficient (Wildman–Crippen LogP) is 2.96. The Morgan fingerprint density at radius 2 is 2.10 bits per heavy atom. The van der Waals surface area contributed by atoms with Gasteiger partial charge in [-0.15, -0.1) is 0 Å². The monoisotopic (exact) mass is 417 g/mol. The number of hydrogen-bond acceptors (Lipinski definition) is 6. The van der Waals surface area contributed by atoms with E-state index in [1.807, 2.05) is 18.2 Å². The molecular formula is C24H27N5O2. The summed E-state index contributed by atoms with van der Waals surface area (Å²) in [4.78, 5) is 17.4. The smallest absolute Gasteiger partial charge is 0.270 e. The summed E-state index contributed by atoms with van der Waals surface area (Å²) in [5, 5.41) is 12.4. The Bertz CT molecular complexity index is 1030. The van der Waals surface area contributed by atoms with Crippen molar-refractivity contribution in [1.29, 1.82) is 5.26 Å². The summed E-state index contributed by atoms with van der Waals surface area (Å²) in [6.45, 7) is 0. The van der Waals surface area contributed by atoms with Crippen molar-refractivity contribution < 1.29 is 9.53 Å². The topological polar surface area (TPSA) is 99.1 Å². The number of hydrogen-bond donors (Lipinski definition) is 3. The molecule has 4 atom stereocenters. The molecule has 2 saturated carbocycles. The van der Waals surface area contributed by atoms with E-state index in [1.165, 1.54) is 11.8 Å².